The van der Waals surface area contributed by atoms with Crippen LogP contribution >= 0.6 is 11.8 Å². The fourth-order valence-corrected chi connectivity index (χ4v) is 4.38. The molecule has 33 heavy (non-hydrogen) atoms. The minimum absolute atomic E-state index is 0.0948. The first-order valence-electron chi connectivity index (χ1n) is 10.9. The van der Waals surface area contributed by atoms with Gasteiger partial charge >= 0.3 is 0 Å². The summed E-state index contributed by atoms with van der Waals surface area (Å²) in [5.74, 6) is 0.852. The van der Waals surface area contributed by atoms with E-state index in [0.717, 1.165) is 24.1 Å². The summed E-state index contributed by atoms with van der Waals surface area (Å²) in [5, 5.41) is 22.7. The highest BCUT2D eigenvalue weighted by Gasteiger charge is 2.18. The van der Waals surface area contributed by atoms with Gasteiger partial charge in [-0.15, -0.1) is 10.2 Å². The number of carbonyl (C=O) groups excluding carboxylic acids is 1. The van der Waals surface area contributed by atoms with E-state index in [1.807, 2.05) is 59.2 Å². The monoisotopic (exact) mass is 458 g/mol. The van der Waals surface area contributed by atoms with Gasteiger partial charge in [-0.3, -0.25) is 4.79 Å². The van der Waals surface area contributed by atoms with Gasteiger partial charge in [0, 0.05) is 12.2 Å². The zero-order valence-corrected chi connectivity index (χ0v) is 19.3. The van der Waals surface area contributed by atoms with Crippen LogP contribution in [-0.2, 0) is 24.2 Å². The van der Waals surface area contributed by atoms with Crippen LogP contribution in [0.3, 0.4) is 0 Å². The number of para-hydroxylation sites is 2. The molecular weight excluding hydrogens is 432 g/mol. The lowest BCUT2D eigenvalue weighted by atomic mass is 10.1. The van der Waals surface area contributed by atoms with Crippen molar-refractivity contribution in [2.45, 2.75) is 31.5 Å². The van der Waals surface area contributed by atoms with Crippen LogP contribution in [0, 0.1) is 0 Å². The number of nitrogens with one attached hydrogen (secondary N) is 1. The smallest absolute Gasteiger partial charge is 0.234 e. The Hall–Kier alpha value is -3.58. The van der Waals surface area contributed by atoms with Crippen LogP contribution < -0.4 is 5.32 Å². The molecule has 0 fully saturated rings. The highest BCUT2D eigenvalue weighted by atomic mass is 32.2. The molecule has 4 aromatic rings. The maximum atomic E-state index is 12.6. The van der Waals surface area contributed by atoms with Crippen molar-refractivity contribution in [1.29, 1.82) is 0 Å². The summed E-state index contributed by atoms with van der Waals surface area (Å²) < 4.78 is 1.97. The van der Waals surface area contributed by atoms with Gasteiger partial charge in [0.25, 0.3) is 0 Å². The van der Waals surface area contributed by atoms with Crippen molar-refractivity contribution >= 4 is 23.4 Å². The average Bonchev–Trinajstić information content (AvgIpc) is 3.25. The van der Waals surface area contributed by atoms with E-state index in [1.165, 1.54) is 17.3 Å². The van der Waals surface area contributed by atoms with Crippen LogP contribution in [-0.4, -0.2) is 31.5 Å². The standard InChI is InChI=1S/C26H26N4O2S/c1-2-20-12-6-8-14-22(20)27-24(32)18-33-26-29-28-25(21-13-7-9-15-23(21)31)30(26)17-16-19-10-4-3-5-11-19/h3-15,31H,2,16-18H2,1H3,(H,27,32). The number of anilines is 1. The molecule has 0 unspecified atom stereocenters. The summed E-state index contributed by atoms with van der Waals surface area (Å²) in [4.78, 5) is 12.6. The fraction of sp³-hybridized carbons (Fsp3) is 0.192. The topological polar surface area (TPSA) is 80.0 Å². The Labute approximate surface area is 197 Å². The zero-order valence-electron chi connectivity index (χ0n) is 18.4. The van der Waals surface area contributed by atoms with Gasteiger partial charge in [0.1, 0.15) is 5.75 Å². The number of benzene rings is 3. The molecule has 168 valence electrons. The number of aromatic hydroxyl groups is 1. The predicted molar refractivity (Wildman–Crippen MR) is 132 cm³/mol. The normalized spacial score (nSPS) is 10.8. The number of rotatable bonds is 9. The molecule has 3 aromatic carbocycles. The number of carbonyl (C=O) groups is 1. The molecule has 7 heteroatoms. The van der Waals surface area contributed by atoms with Crippen molar-refractivity contribution in [2.75, 3.05) is 11.1 Å². The van der Waals surface area contributed by atoms with E-state index in [0.29, 0.717) is 23.1 Å². The van der Waals surface area contributed by atoms with E-state index in [4.69, 9.17) is 0 Å². The van der Waals surface area contributed by atoms with E-state index in [-0.39, 0.29) is 17.4 Å². The Kier molecular flexibility index (Phi) is 7.42. The average molecular weight is 459 g/mol. The van der Waals surface area contributed by atoms with Gasteiger partial charge < -0.3 is 15.0 Å². The molecule has 0 bridgehead atoms. The molecule has 1 amide bonds. The van der Waals surface area contributed by atoms with Crippen LogP contribution in [0.15, 0.2) is 84.0 Å². The number of aryl methyl sites for hydroxylation is 2. The maximum absolute atomic E-state index is 12.6. The van der Waals surface area contributed by atoms with E-state index in [9.17, 15) is 9.90 Å². The van der Waals surface area contributed by atoms with Crippen LogP contribution in [0.1, 0.15) is 18.1 Å². The number of phenolic OH excluding ortho intramolecular Hbond substituents is 1. The summed E-state index contributed by atoms with van der Waals surface area (Å²) in [5.41, 5.74) is 3.75. The Bertz CT molecular complexity index is 1220. The van der Waals surface area contributed by atoms with E-state index < -0.39 is 0 Å². The van der Waals surface area contributed by atoms with Gasteiger partial charge in [-0.05, 0) is 42.2 Å². The molecule has 1 aromatic heterocycles. The van der Waals surface area contributed by atoms with Crippen molar-refractivity contribution in [3.05, 3.63) is 90.0 Å². The van der Waals surface area contributed by atoms with E-state index >= 15 is 0 Å². The number of thioether (sulfide) groups is 1. The first kappa shape index (κ1) is 22.6. The SMILES string of the molecule is CCc1ccccc1NC(=O)CSc1nnc(-c2ccccc2O)n1CCc1ccccc1. The lowest BCUT2D eigenvalue weighted by molar-refractivity contribution is -0.113. The van der Waals surface area contributed by atoms with Crippen LogP contribution in [0.25, 0.3) is 11.4 Å². The van der Waals surface area contributed by atoms with Crippen molar-refractivity contribution in [2.24, 2.45) is 0 Å². The summed E-state index contributed by atoms with van der Waals surface area (Å²) in [6.07, 6.45) is 1.63. The molecular formula is C26H26N4O2S. The number of aromatic nitrogens is 3. The zero-order chi connectivity index (χ0) is 23.0. The van der Waals surface area contributed by atoms with Gasteiger partial charge in [-0.25, -0.2) is 0 Å². The molecule has 0 atom stereocenters. The Morgan fingerprint density at radius 2 is 1.70 bits per heavy atom. The van der Waals surface area contributed by atoms with Gasteiger partial charge in [0.05, 0.1) is 11.3 Å². The molecule has 0 spiro atoms. The lowest BCUT2D eigenvalue weighted by Crippen LogP contribution is -2.16. The lowest BCUT2D eigenvalue weighted by Gasteiger charge is -2.12. The number of phenols is 1. The Morgan fingerprint density at radius 3 is 2.48 bits per heavy atom. The summed E-state index contributed by atoms with van der Waals surface area (Å²) in [6, 6.07) is 25.1. The fourth-order valence-electron chi connectivity index (χ4n) is 3.61. The number of hydrogen-bond donors (Lipinski definition) is 2. The molecule has 6 nitrogen and oxygen atoms in total. The van der Waals surface area contributed by atoms with Crippen molar-refractivity contribution in [1.82, 2.24) is 14.8 Å². The Balaban J connectivity index is 1.53. The van der Waals surface area contributed by atoms with Crippen molar-refractivity contribution in [3.63, 3.8) is 0 Å². The number of amides is 1. The van der Waals surface area contributed by atoms with Crippen LogP contribution in [0.5, 0.6) is 5.75 Å². The summed E-state index contributed by atoms with van der Waals surface area (Å²) in [6.45, 7) is 2.69. The number of nitrogens with zero attached hydrogens (tertiary/aromatic N) is 3. The van der Waals surface area contributed by atoms with Crippen molar-refractivity contribution < 1.29 is 9.90 Å². The third-order valence-corrected chi connectivity index (χ3v) is 6.30. The van der Waals surface area contributed by atoms with Crippen LogP contribution in [0.4, 0.5) is 5.69 Å². The minimum atomic E-state index is -0.0948. The molecule has 0 saturated carbocycles. The van der Waals surface area contributed by atoms with Crippen molar-refractivity contribution in [3.8, 4) is 17.1 Å². The third kappa shape index (κ3) is 5.62. The second kappa shape index (κ2) is 10.8. The summed E-state index contributed by atoms with van der Waals surface area (Å²) in [7, 11) is 0. The number of hydrogen-bond acceptors (Lipinski definition) is 5. The molecule has 0 saturated heterocycles. The van der Waals surface area contributed by atoms with Crippen LogP contribution in [0.2, 0.25) is 0 Å². The predicted octanol–water partition coefficient (Wildman–Crippen LogP) is 5.19. The molecule has 0 aliphatic carbocycles. The summed E-state index contributed by atoms with van der Waals surface area (Å²) >= 11 is 1.34. The van der Waals surface area contributed by atoms with Gasteiger partial charge in [0.2, 0.25) is 5.91 Å². The quantitative estimate of drug-likeness (QED) is 0.338. The second-order valence-corrected chi connectivity index (χ2v) is 8.50. The second-order valence-electron chi connectivity index (χ2n) is 7.56. The largest absolute Gasteiger partial charge is 0.507 e. The third-order valence-electron chi connectivity index (χ3n) is 5.33. The minimum Gasteiger partial charge on any atom is -0.507 e. The van der Waals surface area contributed by atoms with Gasteiger partial charge in [0.15, 0.2) is 11.0 Å². The molecule has 0 aliphatic heterocycles. The van der Waals surface area contributed by atoms with E-state index in [1.54, 1.807) is 12.1 Å². The molecule has 0 radical (unpaired) electrons. The molecule has 0 aliphatic rings. The molecule has 2 N–H and O–H groups in total. The van der Waals surface area contributed by atoms with Gasteiger partial charge in [-0.1, -0.05) is 79.3 Å². The first-order valence-corrected chi connectivity index (χ1v) is 11.9. The highest BCUT2D eigenvalue weighted by Crippen LogP contribution is 2.30. The molecule has 4 rings (SSSR count). The van der Waals surface area contributed by atoms with Gasteiger partial charge in [-0.2, -0.15) is 0 Å². The highest BCUT2D eigenvalue weighted by molar-refractivity contribution is 7.99. The van der Waals surface area contributed by atoms with E-state index in [2.05, 4.69) is 34.6 Å². The maximum Gasteiger partial charge on any atom is 0.234 e. The Morgan fingerprint density at radius 1 is 0.970 bits per heavy atom. The first-order chi connectivity index (χ1) is 16.2. The molecule has 1 heterocycles.